The monoisotopic (exact) mass is 387 g/mol. The molecule has 0 aliphatic carbocycles. The molecule has 0 unspecified atom stereocenters. The van der Waals surface area contributed by atoms with Crippen LogP contribution in [0.15, 0.2) is 29.8 Å². The summed E-state index contributed by atoms with van der Waals surface area (Å²) in [6.07, 6.45) is 2.01. The van der Waals surface area contributed by atoms with Gasteiger partial charge in [-0.25, -0.2) is 0 Å². The summed E-state index contributed by atoms with van der Waals surface area (Å²) in [4.78, 5) is 41.3. The van der Waals surface area contributed by atoms with Crippen LogP contribution in [0.5, 0.6) is 11.5 Å². The van der Waals surface area contributed by atoms with Gasteiger partial charge in [-0.2, -0.15) is 4.99 Å². The van der Waals surface area contributed by atoms with E-state index in [1.54, 1.807) is 6.08 Å². The van der Waals surface area contributed by atoms with Crippen molar-refractivity contribution in [2.75, 3.05) is 19.8 Å². The molecule has 8 nitrogen and oxygen atoms in total. The molecule has 2 aromatic rings. The van der Waals surface area contributed by atoms with Crippen LogP contribution >= 0.6 is 11.3 Å². The highest BCUT2D eigenvalue weighted by Crippen LogP contribution is 2.35. The van der Waals surface area contributed by atoms with E-state index in [-0.39, 0.29) is 31.2 Å². The molecule has 0 saturated carbocycles. The number of hydrogen-bond acceptors (Lipinski definition) is 6. The van der Waals surface area contributed by atoms with E-state index in [1.807, 2.05) is 16.7 Å². The molecule has 1 aromatic carbocycles. The van der Waals surface area contributed by atoms with Crippen molar-refractivity contribution in [3.8, 4) is 11.5 Å². The molecule has 1 aromatic heterocycles. The van der Waals surface area contributed by atoms with Gasteiger partial charge in [-0.1, -0.05) is 17.4 Å². The van der Waals surface area contributed by atoms with Crippen LogP contribution in [0.3, 0.4) is 0 Å². The van der Waals surface area contributed by atoms with Crippen molar-refractivity contribution in [2.24, 2.45) is 4.99 Å². The Morgan fingerprint density at radius 2 is 1.85 bits per heavy atom. The third kappa shape index (κ3) is 3.25. The molecule has 3 heterocycles. The van der Waals surface area contributed by atoms with E-state index in [1.165, 1.54) is 11.3 Å². The van der Waals surface area contributed by atoms with E-state index >= 15 is 0 Å². The number of carbonyl (C=O) groups excluding carboxylic acids is 3. The van der Waals surface area contributed by atoms with Gasteiger partial charge in [-0.3, -0.25) is 19.3 Å². The number of carbonyl (C=O) groups is 3. The molecule has 0 N–H and O–H groups in total. The van der Waals surface area contributed by atoms with Gasteiger partial charge in [-0.15, -0.1) is 6.58 Å². The molecule has 0 radical (unpaired) electrons. The zero-order chi connectivity index (χ0) is 19.0. The van der Waals surface area contributed by atoms with Crippen molar-refractivity contribution in [3.05, 3.63) is 29.6 Å². The predicted molar refractivity (Wildman–Crippen MR) is 97.5 cm³/mol. The maximum Gasteiger partial charge on any atom is 0.268 e. The van der Waals surface area contributed by atoms with Gasteiger partial charge in [0.05, 0.1) is 10.2 Å². The number of aromatic nitrogens is 1. The average molecular weight is 387 g/mol. The maximum atomic E-state index is 12.4. The SMILES string of the molecule is C=CCn1c(=NC(=O)CN2C(=O)CCC2=O)sc2cc3c(cc21)OCCO3. The minimum atomic E-state index is -0.541. The summed E-state index contributed by atoms with van der Waals surface area (Å²) in [6.45, 7) is 4.85. The first kappa shape index (κ1) is 17.5. The van der Waals surface area contributed by atoms with Gasteiger partial charge in [0, 0.05) is 31.5 Å². The first-order chi connectivity index (χ1) is 13.1. The van der Waals surface area contributed by atoms with Crippen molar-refractivity contribution in [3.63, 3.8) is 0 Å². The molecule has 9 heteroatoms. The van der Waals surface area contributed by atoms with Crippen LogP contribution in [0.1, 0.15) is 12.8 Å². The molecule has 0 spiro atoms. The summed E-state index contributed by atoms with van der Waals surface area (Å²) in [5.74, 6) is 0.101. The molecule has 2 aliphatic rings. The Morgan fingerprint density at radius 1 is 1.19 bits per heavy atom. The topological polar surface area (TPSA) is 90.2 Å². The highest BCUT2D eigenvalue weighted by atomic mass is 32.1. The summed E-state index contributed by atoms with van der Waals surface area (Å²) >= 11 is 1.33. The molecule has 1 saturated heterocycles. The van der Waals surface area contributed by atoms with Crippen LogP contribution in [0.4, 0.5) is 0 Å². The normalized spacial score (nSPS) is 17.0. The molecule has 0 bridgehead atoms. The highest BCUT2D eigenvalue weighted by molar-refractivity contribution is 7.16. The number of ether oxygens (including phenoxy) is 2. The summed E-state index contributed by atoms with van der Waals surface area (Å²) in [7, 11) is 0. The summed E-state index contributed by atoms with van der Waals surface area (Å²) in [6, 6.07) is 3.73. The smallest absolute Gasteiger partial charge is 0.268 e. The van der Waals surface area contributed by atoms with Gasteiger partial charge in [0.25, 0.3) is 5.91 Å². The van der Waals surface area contributed by atoms with Crippen LogP contribution in [0.2, 0.25) is 0 Å². The summed E-state index contributed by atoms with van der Waals surface area (Å²) in [5, 5.41) is 0. The molecule has 2 aliphatic heterocycles. The fourth-order valence-electron chi connectivity index (χ4n) is 3.07. The molecule has 0 atom stereocenters. The molecule has 4 rings (SSSR count). The first-order valence-electron chi connectivity index (χ1n) is 8.51. The second kappa shape index (κ2) is 6.99. The molecular weight excluding hydrogens is 370 g/mol. The van der Waals surface area contributed by atoms with Gasteiger partial charge in [-0.05, 0) is 0 Å². The number of nitrogens with zero attached hydrogens (tertiary/aromatic N) is 3. The number of fused-ring (bicyclic) bond motifs is 2. The van der Waals surface area contributed by atoms with E-state index in [4.69, 9.17) is 9.47 Å². The van der Waals surface area contributed by atoms with Gasteiger partial charge >= 0.3 is 0 Å². The fraction of sp³-hybridized carbons (Fsp3) is 0.333. The number of thiazole rings is 1. The van der Waals surface area contributed by atoms with Gasteiger partial charge in [0.2, 0.25) is 11.8 Å². The zero-order valence-corrected chi connectivity index (χ0v) is 15.3. The average Bonchev–Trinajstić information content (AvgIpc) is 3.14. The standard InChI is InChI=1S/C18H17N3O5S/c1-2-5-20-11-8-12-13(26-7-6-25-12)9-14(11)27-18(20)19-15(22)10-21-16(23)3-4-17(21)24/h2,8-9H,1,3-7,10H2. The van der Waals surface area contributed by atoms with Gasteiger partial charge in [0.1, 0.15) is 19.8 Å². The second-order valence-electron chi connectivity index (χ2n) is 6.13. The number of likely N-dealkylation sites (tertiary alicyclic amines) is 1. The van der Waals surface area contributed by atoms with E-state index in [0.717, 1.165) is 15.1 Å². The van der Waals surface area contributed by atoms with Crippen molar-refractivity contribution >= 4 is 39.3 Å². The number of benzene rings is 1. The Morgan fingerprint density at radius 3 is 2.52 bits per heavy atom. The Bertz CT molecular complexity index is 1020. The third-order valence-corrected chi connectivity index (χ3v) is 5.37. The van der Waals surface area contributed by atoms with Crippen LogP contribution in [0.25, 0.3) is 10.2 Å². The van der Waals surface area contributed by atoms with Gasteiger partial charge < -0.3 is 14.0 Å². The van der Waals surface area contributed by atoms with E-state index < -0.39 is 5.91 Å². The van der Waals surface area contributed by atoms with Crippen LogP contribution < -0.4 is 14.3 Å². The van der Waals surface area contributed by atoms with Gasteiger partial charge in [0.15, 0.2) is 16.3 Å². The van der Waals surface area contributed by atoms with E-state index in [9.17, 15) is 14.4 Å². The quantitative estimate of drug-likeness (QED) is 0.582. The highest BCUT2D eigenvalue weighted by Gasteiger charge is 2.30. The number of hydrogen-bond donors (Lipinski definition) is 0. The van der Waals surface area contributed by atoms with Crippen molar-refractivity contribution in [1.82, 2.24) is 9.47 Å². The molecule has 3 amide bonds. The Hall–Kier alpha value is -2.94. The second-order valence-corrected chi connectivity index (χ2v) is 7.14. The predicted octanol–water partition coefficient (Wildman–Crippen LogP) is 1.24. The molecule has 27 heavy (non-hydrogen) atoms. The van der Waals surface area contributed by atoms with E-state index in [2.05, 4.69) is 11.6 Å². The van der Waals surface area contributed by atoms with E-state index in [0.29, 0.717) is 36.1 Å². The molecule has 1 fully saturated rings. The lowest BCUT2D eigenvalue weighted by Gasteiger charge is -2.18. The Labute approximate surface area is 158 Å². The number of amides is 3. The van der Waals surface area contributed by atoms with Crippen LogP contribution in [0, 0.1) is 0 Å². The lowest BCUT2D eigenvalue weighted by Crippen LogP contribution is -2.34. The Balaban J connectivity index is 1.73. The zero-order valence-electron chi connectivity index (χ0n) is 14.5. The Kier molecular flexibility index (Phi) is 4.53. The summed E-state index contributed by atoms with van der Waals surface area (Å²) in [5.41, 5.74) is 0.851. The summed E-state index contributed by atoms with van der Waals surface area (Å²) < 4.78 is 14.0. The molecular formula is C18H17N3O5S. The minimum Gasteiger partial charge on any atom is -0.486 e. The van der Waals surface area contributed by atoms with Crippen LogP contribution in [-0.4, -0.2) is 46.9 Å². The van der Waals surface area contributed by atoms with Crippen molar-refractivity contribution in [1.29, 1.82) is 0 Å². The maximum absolute atomic E-state index is 12.4. The van der Waals surface area contributed by atoms with Crippen molar-refractivity contribution < 1.29 is 23.9 Å². The largest absolute Gasteiger partial charge is 0.486 e. The van der Waals surface area contributed by atoms with Crippen molar-refractivity contribution in [2.45, 2.75) is 19.4 Å². The minimum absolute atomic E-state index is 0.150. The fourth-order valence-corrected chi connectivity index (χ4v) is 4.14. The number of imide groups is 1. The number of rotatable bonds is 4. The lowest BCUT2D eigenvalue weighted by molar-refractivity contribution is -0.141. The third-order valence-electron chi connectivity index (χ3n) is 4.33. The first-order valence-corrected chi connectivity index (χ1v) is 9.33. The molecule has 140 valence electrons. The number of allylic oxidation sites excluding steroid dienone is 1. The van der Waals surface area contributed by atoms with Crippen LogP contribution in [-0.2, 0) is 20.9 Å². The lowest BCUT2D eigenvalue weighted by atomic mass is 10.2.